The van der Waals surface area contributed by atoms with Crippen LogP contribution in [0, 0.1) is 25.2 Å². The summed E-state index contributed by atoms with van der Waals surface area (Å²) in [6.45, 7) is 3.67. The highest BCUT2D eigenvalue weighted by Crippen LogP contribution is 2.37. The number of rotatable bonds is 4. The molecule has 0 spiro atoms. The molecule has 0 atom stereocenters. The van der Waals surface area contributed by atoms with Crippen molar-refractivity contribution in [1.82, 2.24) is 9.97 Å². The Morgan fingerprint density at radius 2 is 1.38 bits per heavy atom. The molecule has 2 heterocycles. The zero-order valence-corrected chi connectivity index (χ0v) is 22.9. The standard InChI is InChI=1S/C19H12ClF3N2O.C11H10ClNO/c1-11-6-16(20)14-4-2-13(8-17(14)25-11)10-26-18-5-3-12(9-24)7-15(18)19(21,22)23;1-7-4-10(12)9-3-2-8(6-14)5-11(9)13-7/h2-8H,10H2,1H3;2-5,14H,6H2,1H3. The maximum Gasteiger partial charge on any atom is 0.420 e. The van der Waals surface area contributed by atoms with E-state index < -0.39 is 11.7 Å². The Kier molecular flexibility index (Phi) is 8.79. The van der Waals surface area contributed by atoms with Crippen LogP contribution in [0.4, 0.5) is 13.2 Å². The number of aliphatic hydroxyl groups is 1. The van der Waals surface area contributed by atoms with Crippen LogP contribution >= 0.6 is 23.2 Å². The molecule has 0 amide bonds. The van der Waals surface area contributed by atoms with E-state index in [2.05, 4.69) is 9.97 Å². The van der Waals surface area contributed by atoms with Gasteiger partial charge in [-0.2, -0.15) is 18.4 Å². The lowest BCUT2D eigenvalue weighted by Crippen LogP contribution is -2.09. The lowest BCUT2D eigenvalue weighted by molar-refractivity contribution is -0.139. The van der Waals surface area contributed by atoms with Gasteiger partial charge in [-0.1, -0.05) is 47.5 Å². The van der Waals surface area contributed by atoms with Crippen molar-refractivity contribution in [2.75, 3.05) is 0 Å². The number of alkyl halides is 3. The fourth-order valence-corrected chi connectivity index (χ4v) is 4.64. The monoisotopic (exact) mass is 583 g/mol. The molecule has 0 aliphatic heterocycles. The van der Waals surface area contributed by atoms with Gasteiger partial charge in [0.05, 0.1) is 44.9 Å². The third-order valence-corrected chi connectivity index (χ3v) is 6.52. The average molecular weight is 584 g/mol. The molecule has 1 N–H and O–H groups in total. The van der Waals surface area contributed by atoms with E-state index in [1.165, 1.54) is 6.07 Å². The van der Waals surface area contributed by atoms with Gasteiger partial charge in [0.2, 0.25) is 0 Å². The largest absolute Gasteiger partial charge is 0.488 e. The molecular formula is C30H22Cl2F3N3O2. The van der Waals surface area contributed by atoms with Gasteiger partial charge < -0.3 is 9.84 Å². The van der Waals surface area contributed by atoms with Gasteiger partial charge in [-0.3, -0.25) is 9.97 Å². The summed E-state index contributed by atoms with van der Waals surface area (Å²) < 4.78 is 44.9. The van der Waals surface area contributed by atoms with Crippen LogP contribution in [0.1, 0.15) is 33.6 Å². The molecule has 0 bridgehead atoms. The molecule has 204 valence electrons. The number of aromatic nitrogens is 2. The summed E-state index contributed by atoms with van der Waals surface area (Å²) in [6.07, 6.45) is -4.61. The van der Waals surface area contributed by atoms with Crippen molar-refractivity contribution in [1.29, 1.82) is 5.26 Å². The Labute approximate surface area is 238 Å². The number of hydrogen-bond acceptors (Lipinski definition) is 5. The van der Waals surface area contributed by atoms with Crippen molar-refractivity contribution < 1.29 is 23.0 Å². The molecule has 10 heteroatoms. The average Bonchev–Trinajstić information content (AvgIpc) is 2.90. The first-order valence-corrected chi connectivity index (χ1v) is 12.7. The zero-order chi connectivity index (χ0) is 29.0. The smallest absolute Gasteiger partial charge is 0.420 e. The minimum absolute atomic E-state index is 0.0309. The van der Waals surface area contributed by atoms with Crippen molar-refractivity contribution in [2.24, 2.45) is 0 Å². The number of halogens is 5. The summed E-state index contributed by atoms with van der Waals surface area (Å²) in [7, 11) is 0. The molecule has 0 unspecified atom stereocenters. The molecule has 40 heavy (non-hydrogen) atoms. The molecule has 0 saturated carbocycles. The number of aryl methyl sites for hydroxylation is 2. The van der Waals surface area contributed by atoms with Crippen LogP contribution in [0.15, 0.2) is 66.7 Å². The van der Waals surface area contributed by atoms with E-state index in [9.17, 15) is 13.2 Å². The second-order valence-corrected chi connectivity index (χ2v) is 9.78. The summed E-state index contributed by atoms with van der Waals surface area (Å²) in [5.74, 6) is -0.327. The molecule has 5 nitrogen and oxygen atoms in total. The normalized spacial score (nSPS) is 11.2. The SMILES string of the molecule is Cc1cc(Cl)c2ccc(CO)cc2n1.Cc1cc(Cl)c2ccc(COc3ccc(C#N)cc3C(F)(F)F)cc2n1. The first kappa shape index (κ1) is 29.1. The number of aliphatic hydroxyl groups excluding tert-OH is 1. The van der Waals surface area contributed by atoms with E-state index in [1.807, 2.05) is 31.2 Å². The van der Waals surface area contributed by atoms with Crippen molar-refractivity contribution >= 4 is 45.0 Å². The summed E-state index contributed by atoms with van der Waals surface area (Å²) >= 11 is 12.2. The summed E-state index contributed by atoms with van der Waals surface area (Å²) in [5.41, 5.74) is 3.56. The van der Waals surface area contributed by atoms with Crippen LogP contribution in [0.25, 0.3) is 21.8 Å². The van der Waals surface area contributed by atoms with Crippen LogP contribution in [0.5, 0.6) is 5.75 Å². The summed E-state index contributed by atoms with van der Waals surface area (Å²) in [5, 5.41) is 20.7. The van der Waals surface area contributed by atoms with E-state index in [-0.39, 0.29) is 24.5 Å². The number of hydrogen-bond donors (Lipinski definition) is 1. The number of pyridine rings is 2. The lowest BCUT2D eigenvalue weighted by Gasteiger charge is -2.14. The van der Waals surface area contributed by atoms with Gasteiger partial charge in [-0.15, -0.1) is 0 Å². The minimum Gasteiger partial charge on any atom is -0.488 e. The molecule has 0 radical (unpaired) electrons. The predicted octanol–water partition coefficient (Wildman–Crippen LogP) is 8.36. The Balaban J connectivity index is 0.000000222. The second kappa shape index (κ2) is 12.1. The van der Waals surface area contributed by atoms with Crippen LogP contribution in [-0.4, -0.2) is 15.1 Å². The van der Waals surface area contributed by atoms with Gasteiger partial charge in [-0.25, -0.2) is 0 Å². The minimum atomic E-state index is -4.61. The second-order valence-electron chi connectivity index (χ2n) is 8.96. The van der Waals surface area contributed by atoms with E-state index >= 15 is 0 Å². The fraction of sp³-hybridized carbons (Fsp3) is 0.167. The maximum absolute atomic E-state index is 13.2. The van der Waals surface area contributed by atoms with Crippen molar-refractivity contribution in [3.8, 4) is 11.8 Å². The molecule has 0 aliphatic carbocycles. The van der Waals surface area contributed by atoms with Crippen LogP contribution in [-0.2, 0) is 19.4 Å². The van der Waals surface area contributed by atoms with Gasteiger partial charge in [0, 0.05) is 22.2 Å². The Bertz CT molecular complexity index is 1750. The lowest BCUT2D eigenvalue weighted by atomic mass is 10.1. The van der Waals surface area contributed by atoms with Gasteiger partial charge >= 0.3 is 6.18 Å². The Morgan fingerprint density at radius 1 is 0.825 bits per heavy atom. The van der Waals surface area contributed by atoms with Crippen molar-refractivity contribution in [3.05, 3.63) is 110 Å². The number of fused-ring (bicyclic) bond motifs is 2. The quantitative estimate of drug-likeness (QED) is 0.230. The number of benzene rings is 3. The van der Waals surface area contributed by atoms with Gasteiger partial charge in [-0.05, 0) is 67.4 Å². The van der Waals surface area contributed by atoms with E-state index in [0.29, 0.717) is 21.1 Å². The Morgan fingerprint density at radius 3 is 1.90 bits per heavy atom. The van der Waals surface area contributed by atoms with Crippen LogP contribution in [0.2, 0.25) is 10.0 Å². The molecule has 5 aromatic rings. The summed E-state index contributed by atoms with van der Waals surface area (Å²) in [6, 6.07) is 19.3. The van der Waals surface area contributed by atoms with Gasteiger partial charge in [0.1, 0.15) is 12.4 Å². The van der Waals surface area contributed by atoms with Crippen LogP contribution in [0.3, 0.4) is 0 Å². The van der Waals surface area contributed by atoms with E-state index in [1.54, 1.807) is 37.3 Å². The highest BCUT2D eigenvalue weighted by atomic mass is 35.5. The van der Waals surface area contributed by atoms with E-state index in [4.69, 9.17) is 38.3 Å². The van der Waals surface area contributed by atoms with Crippen molar-refractivity contribution in [2.45, 2.75) is 33.2 Å². The topological polar surface area (TPSA) is 79.0 Å². The maximum atomic E-state index is 13.2. The van der Waals surface area contributed by atoms with Crippen molar-refractivity contribution in [3.63, 3.8) is 0 Å². The number of nitriles is 1. The van der Waals surface area contributed by atoms with Crippen LogP contribution < -0.4 is 4.74 Å². The van der Waals surface area contributed by atoms with E-state index in [0.717, 1.165) is 45.4 Å². The summed E-state index contributed by atoms with van der Waals surface area (Å²) in [4.78, 5) is 8.73. The number of nitrogens with zero attached hydrogens (tertiary/aromatic N) is 3. The Hall–Kier alpha value is -3.90. The highest BCUT2D eigenvalue weighted by molar-refractivity contribution is 6.35. The predicted molar refractivity (Wildman–Crippen MR) is 149 cm³/mol. The molecule has 3 aromatic carbocycles. The molecule has 0 fully saturated rings. The first-order chi connectivity index (χ1) is 19.0. The fourth-order valence-electron chi connectivity index (χ4n) is 4.01. The van der Waals surface area contributed by atoms with Gasteiger partial charge in [0.15, 0.2) is 0 Å². The third-order valence-electron chi connectivity index (χ3n) is 5.89. The molecule has 5 rings (SSSR count). The zero-order valence-electron chi connectivity index (χ0n) is 21.4. The molecule has 0 aliphatic rings. The molecular weight excluding hydrogens is 562 g/mol. The first-order valence-electron chi connectivity index (χ1n) is 11.9. The third kappa shape index (κ3) is 6.80. The number of ether oxygens (including phenoxy) is 1. The van der Waals surface area contributed by atoms with Gasteiger partial charge in [0.25, 0.3) is 0 Å². The molecule has 2 aromatic heterocycles. The highest BCUT2D eigenvalue weighted by Gasteiger charge is 2.34. The molecule has 0 saturated heterocycles.